The van der Waals surface area contributed by atoms with Crippen LogP contribution in [0.5, 0.6) is 0 Å². The van der Waals surface area contributed by atoms with Crippen LogP contribution in [-0.4, -0.2) is 52.2 Å². The normalized spacial score (nSPS) is 20.2. The van der Waals surface area contributed by atoms with Gasteiger partial charge in [0.05, 0.1) is 12.5 Å². The second kappa shape index (κ2) is 7.31. The lowest BCUT2D eigenvalue weighted by Crippen LogP contribution is -2.29. The number of nitrogens with zero attached hydrogens (tertiary/aromatic N) is 4. The molecule has 132 valence electrons. The molecule has 7 nitrogen and oxygen atoms in total. The molecule has 1 atom stereocenters. The Bertz CT molecular complexity index is 714. The number of likely N-dealkylation sites (tertiary alicyclic amines) is 1. The maximum atomic E-state index is 12.4. The highest BCUT2D eigenvalue weighted by molar-refractivity contribution is 5.92. The van der Waals surface area contributed by atoms with Crippen molar-refractivity contribution in [3.63, 3.8) is 0 Å². The van der Waals surface area contributed by atoms with E-state index in [1.165, 1.54) is 12.8 Å². The van der Waals surface area contributed by atoms with E-state index >= 15 is 0 Å². The zero-order valence-corrected chi connectivity index (χ0v) is 14.1. The van der Waals surface area contributed by atoms with Gasteiger partial charge in [0.25, 0.3) is 5.91 Å². The summed E-state index contributed by atoms with van der Waals surface area (Å²) in [4.78, 5) is 22.9. The highest BCUT2D eigenvalue weighted by atomic mass is 16.5. The number of carbonyl (C=O) groups is 1. The summed E-state index contributed by atoms with van der Waals surface area (Å²) in [6.45, 7) is 2.75. The van der Waals surface area contributed by atoms with Gasteiger partial charge in [-0.1, -0.05) is 11.2 Å². The van der Waals surface area contributed by atoms with E-state index in [0.717, 1.165) is 18.9 Å². The van der Waals surface area contributed by atoms with Crippen LogP contribution in [0.4, 0.5) is 0 Å². The van der Waals surface area contributed by atoms with Gasteiger partial charge in [0.2, 0.25) is 5.89 Å². The number of hydrogen-bond acceptors (Lipinski definition) is 6. The first-order valence-electron chi connectivity index (χ1n) is 8.90. The lowest BCUT2D eigenvalue weighted by atomic mass is 10.1. The van der Waals surface area contributed by atoms with Gasteiger partial charge in [0, 0.05) is 32.3 Å². The van der Waals surface area contributed by atoms with Crippen molar-refractivity contribution in [1.82, 2.24) is 20.0 Å². The van der Waals surface area contributed by atoms with Crippen molar-refractivity contribution < 1.29 is 14.1 Å². The zero-order valence-electron chi connectivity index (χ0n) is 14.1. The molecule has 0 aromatic carbocycles. The first kappa shape index (κ1) is 16.2. The van der Waals surface area contributed by atoms with E-state index in [9.17, 15) is 4.79 Å². The number of ether oxygens (including phenoxy) is 1. The third kappa shape index (κ3) is 4.04. The minimum atomic E-state index is -0.0451. The number of aromatic nitrogens is 3. The standard InChI is InChI=1S/C18H22N4O3/c23-18(15-3-1-2-8-19-15)22-9-6-14(11-22)17-20-16(21-25-17)7-10-24-12-13-4-5-13/h1-3,8,13-14H,4-7,9-12H2. The van der Waals surface area contributed by atoms with Gasteiger partial charge in [-0.25, -0.2) is 0 Å². The average molecular weight is 342 g/mol. The smallest absolute Gasteiger partial charge is 0.272 e. The highest BCUT2D eigenvalue weighted by Crippen LogP contribution is 2.29. The van der Waals surface area contributed by atoms with Crippen LogP contribution in [0.3, 0.4) is 0 Å². The molecular weight excluding hydrogens is 320 g/mol. The van der Waals surface area contributed by atoms with Crippen molar-refractivity contribution in [3.05, 3.63) is 41.8 Å². The molecule has 1 saturated carbocycles. The number of rotatable bonds is 7. The van der Waals surface area contributed by atoms with Gasteiger partial charge >= 0.3 is 0 Å². The van der Waals surface area contributed by atoms with E-state index in [1.807, 2.05) is 6.07 Å². The average Bonchev–Trinajstić information content (AvgIpc) is 3.15. The van der Waals surface area contributed by atoms with E-state index in [1.54, 1.807) is 23.2 Å². The number of pyridine rings is 1. The predicted molar refractivity (Wildman–Crippen MR) is 89.0 cm³/mol. The van der Waals surface area contributed by atoms with Gasteiger partial charge in [-0.2, -0.15) is 4.98 Å². The largest absolute Gasteiger partial charge is 0.381 e. The van der Waals surface area contributed by atoms with Crippen molar-refractivity contribution in [2.24, 2.45) is 5.92 Å². The Labute approximate surface area is 146 Å². The SMILES string of the molecule is O=C(c1ccccn1)N1CCC(c2nc(CCOCC3CC3)no2)C1. The number of carbonyl (C=O) groups excluding carboxylic acids is 1. The van der Waals surface area contributed by atoms with Crippen LogP contribution in [0.2, 0.25) is 0 Å². The lowest BCUT2D eigenvalue weighted by molar-refractivity contribution is 0.0784. The summed E-state index contributed by atoms with van der Waals surface area (Å²) < 4.78 is 11.0. The van der Waals surface area contributed by atoms with Gasteiger partial charge in [-0.05, 0) is 37.3 Å². The number of hydrogen-bond donors (Lipinski definition) is 0. The van der Waals surface area contributed by atoms with Crippen molar-refractivity contribution in [2.45, 2.75) is 31.6 Å². The van der Waals surface area contributed by atoms with Gasteiger partial charge in [0.15, 0.2) is 5.82 Å². The van der Waals surface area contributed by atoms with Crippen molar-refractivity contribution in [2.75, 3.05) is 26.3 Å². The molecular formula is C18H22N4O3. The monoisotopic (exact) mass is 342 g/mol. The lowest BCUT2D eigenvalue weighted by Gasteiger charge is -2.14. The molecule has 2 aliphatic rings. The van der Waals surface area contributed by atoms with Crippen LogP contribution in [0, 0.1) is 5.92 Å². The summed E-state index contributed by atoms with van der Waals surface area (Å²) in [6, 6.07) is 5.36. The van der Waals surface area contributed by atoms with Crippen molar-refractivity contribution in [3.8, 4) is 0 Å². The van der Waals surface area contributed by atoms with Crippen LogP contribution < -0.4 is 0 Å². The maximum absolute atomic E-state index is 12.4. The van der Waals surface area contributed by atoms with Gasteiger partial charge in [-0.3, -0.25) is 9.78 Å². The highest BCUT2D eigenvalue weighted by Gasteiger charge is 2.32. The minimum absolute atomic E-state index is 0.0451. The molecule has 7 heteroatoms. The molecule has 1 saturated heterocycles. The van der Waals surface area contributed by atoms with E-state index in [2.05, 4.69) is 15.1 Å². The van der Waals surface area contributed by atoms with E-state index in [0.29, 0.717) is 43.5 Å². The van der Waals surface area contributed by atoms with Crippen LogP contribution in [0.25, 0.3) is 0 Å². The fourth-order valence-electron chi connectivity index (χ4n) is 3.03. The van der Waals surface area contributed by atoms with Crippen molar-refractivity contribution >= 4 is 5.91 Å². The fourth-order valence-corrected chi connectivity index (χ4v) is 3.03. The molecule has 0 N–H and O–H groups in total. The molecule has 1 unspecified atom stereocenters. The third-order valence-corrected chi connectivity index (χ3v) is 4.71. The Morgan fingerprint density at radius 2 is 2.24 bits per heavy atom. The van der Waals surface area contributed by atoms with E-state index < -0.39 is 0 Å². The zero-order chi connectivity index (χ0) is 17.1. The first-order valence-corrected chi connectivity index (χ1v) is 8.90. The first-order chi connectivity index (χ1) is 12.3. The molecule has 1 aliphatic carbocycles. The third-order valence-electron chi connectivity index (χ3n) is 4.71. The fraction of sp³-hybridized carbons (Fsp3) is 0.556. The van der Waals surface area contributed by atoms with Crippen LogP contribution >= 0.6 is 0 Å². The quantitative estimate of drug-likeness (QED) is 0.717. The van der Waals surface area contributed by atoms with Gasteiger partial charge in [0.1, 0.15) is 5.69 Å². The van der Waals surface area contributed by atoms with Crippen LogP contribution in [0.15, 0.2) is 28.9 Å². The summed E-state index contributed by atoms with van der Waals surface area (Å²) in [5.74, 6) is 2.12. The van der Waals surface area contributed by atoms with Crippen LogP contribution in [-0.2, 0) is 11.2 Å². The second-order valence-electron chi connectivity index (χ2n) is 6.77. The molecule has 4 rings (SSSR count). The van der Waals surface area contributed by atoms with Crippen LogP contribution in [0.1, 0.15) is 47.4 Å². The molecule has 2 aromatic rings. The Kier molecular flexibility index (Phi) is 4.74. The molecule has 25 heavy (non-hydrogen) atoms. The molecule has 0 bridgehead atoms. The molecule has 0 radical (unpaired) electrons. The van der Waals surface area contributed by atoms with E-state index in [-0.39, 0.29) is 11.8 Å². The maximum Gasteiger partial charge on any atom is 0.272 e. The summed E-state index contributed by atoms with van der Waals surface area (Å²) in [5, 5.41) is 4.04. The van der Waals surface area contributed by atoms with Crippen molar-refractivity contribution in [1.29, 1.82) is 0 Å². The molecule has 1 aliphatic heterocycles. The minimum Gasteiger partial charge on any atom is -0.381 e. The molecule has 2 fully saturated rings. The molecule has 1 amide bonds. The molecule has 3 heterocycles. The summed E-state index contributed by atoms with van der Waals surface area (Å²) in [5.41, 5.74) is 0.474. The Hall–Kier alpha value is -2.28. The van der Waals surface area contributed by atoms with E-state index in [4.69, 9.17) is 9.26 Å². The summed E-state index contributed by atoms with van der Waals surface area (Å²) >= 11 is 0. The topological polar surface area (TPSA) is 81.4 Å². The Balaban J connectivity index is 1.28. The molecule has 0 spiro atoms. The van der Waals surface area contributed by atoms with Gasteiger partial charge in [-0.15, -0.1) is 0 Å². The second-order valence-corrected chi connectivity index (χ2v) is 6.77. The Morgan fingerprint density at radius 1 is 1.32 bits per heavy atom. The number of amides is 1. The summed E-state index contributed by atoms with van der Waals surface area (Å²) in [7, 11) is 0. The van der Waals surface area contributed by atoms with Gasteiger partial charge < -0.3 is 14.2 Å². The summed E-state index contributed by atoms with van der Waals surface area (Å²) in [6.07, 6.45) is 5.72. The predicted octanol–water partition coefficient (Wildman–Crippen LogP) is 2.06. The molecule has 2 aromatic heterocycles. The Morgan fingerprint density at radius 3 is 3.04 bits per heavy atom.